The molecule has 1 heterocycles. The van der Waals surface area contributed by atoms with Crippen LogP contribution in [0, 0.1) is 5.82 Å². The summed E-state index contributed by atoms with van der Waals surface area (Å²) in [5, 5.41) is 3.51. The molecule has 0 atom stereocenters. The fourth-order valence-corrected chi connectivity index (χ4v) is 3.30. The van der Waals surface area contributed by atoms with E-state index < -0.39 is 17.6 Å². The molecule has 0 saturated carbocycles. The van der Waals surface area contributed by atoms with Crippen LogP contribution in [-0.2, 0) is 11.0 Å². The number of hydrogen-bond donors (Lipinski definition) is 1. The van der Waals surface area contributed by atoms with Gasteiger partial charge in [0.15, 0.2) is 5.82 Å². The Labute approximate surface area is 180 Å². The molecule has 0 saturated heterocycles. The van der Waals surface area contributed by atoms with Crippen molar-refractivity contribution in [2.75, 3.05) is 11.9 Å². The van der Waals surface area contributed by atoms with Crippen molar-refractivity contribution in [3.05, 3.63) is 78.1 Å². The largest absolute Gasteiger partial charge is 0.416 e. The molecule has 162 valence electrons. The van der Waals surface area contributed by atoms with Crippen LogP contribution in [0.25, 0.3) is 33.4 Å². The Hall–Kier alpha value is -3.81. The summed E-state index contributed by atoms with van der Waals surface area (Å²) in [6, 6.07) is 16.1. The second-order valence-corrected chi connectivity index (χ2v) is 7.10. The normalized spacial score (nSPS) is 11.5. The molecule has 8 heteroatoms. The average Bonchev–Trinajstić information content (AvgIpc) is 2.79. The lowest BCUT2D eigenvalue weighted by Gasteiger charge is -2.11. The number of nitrogens with zero attached hydrogens (tertiary/aromatic N) is 2. The van der Waals surface area contributed by atoms with E-state index in [0.717, 1.165) is 18.4 Å². The van der Waals surface area contributed by atoms with Gasteiger partial charge in [-0.1, -0.05) is 36.4 Å². The van der Waals surface area contributed by atoms with Gasteiger partial charge in [-0.15, -0.1) is 0 Å². The van der Waals surface area contributed by atoms with Crippen molar-refractivity contribution >= 4 is 23.0 Å². The molecular weight excluding hydrogens is 422 g/mol. The summed E-state index contributed by atoms with van der Waals surface area (Å²) in [7, 11) is 0. The van der Waals surface area contributed by atoms with Crippen molar-refractivity contribution in [2.24, 2.45) is 0 Å². The van der Waals surface area contributed by atoms with Crippen LogP contribution in [0.3, 0.4) is 0 Å². The Morgan fingerprint density at radius 1 is 0.875 bits per heavy atom. The first-order valence-corrected chi connectivity index (χ1v) is 9.78. The van der Waals surface area contributed by atoms with E-state index in [1.807, 2.05) is 0 Å². The lowest BCUT2D eigenvalue weighted by molar-refractivity contribution is -0.137. The smallest absolute Gasteiger partial charge is 0.369 e. The predicted octanol–water partition coefficient (Wildman–Crippen LogP) is 6.12. The van der Waals surface area contributed by atoms with Crippen molar-refractivity contribution in [3.63, 3.8) is 0 Å². The van der Waals surface area contributed by atoms with Gasteiger partial charge in [-0.3, -0.25) is 0 Å². The van der Waals surface area contributed by atoms with Gasteiger partial charge in [0.05, 0.1) is 11.1 Å². The van der Waals surface area contributed by atoms with Crippen LogP contribution in [0.4, 0.5) is 23.4 Å². The molecule has 0 spiro atoms. The molecule has 0 unspecified atom stereocenters. The molecular formula is C24H17F4N3O. The molecule has 1 N–H and O–H groups in total. The van der Waals surface area contributed by atoms with Gasteiger partial charge in [0, 0.05) is 23.9 Å². The molecule has 0 radical (unpaired) electrons. The molecule has 4 aromatic rings. The maximum atomic E-state index is 13.7. The van der Waals surface area contributed by atoms with E-state index in [9.17, 15) is 22.4 Å². The minimum atomic E-state index is -4.42. The first kappa shape index (κ1) is 21.4. The number of alkyl halides is 3. The Morgan fingerprint density at radius 3 is 2.34 bits per heavy atom. The zero-order valence-electron chi connectivity index (χ0n) is 16.7. The van der Waals surface area contributed by atoms with E-state index in [2.05, 4.69) is 15.3 Å². The second kappa shape index (κ2) is 8.74. The lowest BCUT2D eigenvalue weighted by Crippen LogP contribution is -2.06. The van der Waals surface area contributed by atoms with Crippen LogP contribution in [0.5, 0.6) is 0 Å². The number of nitrogens with one attached hydrogen (secondary N) is 1. The van der Waals surface area contributed by atoms with Crippen LogP contribution >= 0.6 is 0 Å². The number of carbonyl (C=O) groups is 1. The van der Waals surface area contributed by atoms with Gasteiger partial charge < -0.3 is 10.1 Å². The van der Waals surface area contributed by atoms with Crippen molar-refractivity contribution in [2.45, 2.75) is 12.6 Å². The summed E-state index contributed by atoms with van der Waals surface area (Å²) in [5.74, 6) is 0.333. The SMILES string of the molecule is O=CCCNc1nc(-c2ccc(-c3cccc(C(F)(F)F)c3)cc2)nc2ccc(F)cc12. The summed E-state index contributed by atoms with van der Waals surface area (Å²) in [6.45, 7) is 0.333. The van der Waals surface area contributed by atoms with E-state index in [1.54, 1.807) is 30.3 Å². The van der Waals surface area contributed by atoms with Gasteiger partial charge in [0.2, 0.25) is 0 Å². The molecule has 4 nitrogen and oxygen atoms in total. The van der Waals surface area contributed by atoms with Gasteiger partial charge in [-0.2, -0.15) is 13.2 Å². The van der Waals surface area contributed by atoms with Crippen molar-refractivity contribution < 1.29 is 22.4 Å². The number of halogens is 4. The summed E-state index contributed by atoms with van der Waals surface area (Å²) < 4.78 is 52.7. The minimum absolute atomic E-state index is 0.266. The van der Waals surface area contributed by atoms with Crippen LogP contribution in [-0.4, -0.2) is 22.8 Å². The third kappa shape index (κ3) is 4.59. The van der Waals surface area contributed by atoms with Crippen molar-refractivity contribution in [1.29, 1.82) is 0 Å². The van der Waals surface area contributed by atoms with E-state index in [-0.39, 0.29) is 6.42 Å². The van der Waals surface area contributed by atoms with Crippen LogP contribution in [0.2, 0.25) is 0 Å². The standard InChI is InChI=1S/C24H17F4N3O/c25-19-9-10-21-20(14-19)23(29-11-2-12-32)31-22(30-21)16-7-5-15(6-8-16)17-3-1-4-18(13-17)24(26,27)28/h1,3-10,12-14H,2,11H2,(H,29,30,31). The molecule has 32 heavy (non-hydrogen) atoms. The van der Waals surface area contributed by atoms with Crippen molar-refractivity contribution in [1.82, 2.24) is 9.97 Å². The third-order valence-electron chi connectivity index (χ3n) is 4.88. The number of rotatable bonds is 6. The third-order valence-corrected chi connectivity index (χ3v) is 4.88. The quantitative estimate of drug-likeness (QED) is 0.223. The Bertz CT molecular complexity index is 1270. The minimum Gasteiger partial charge on any atom is -0.369 e. The Morgan fingerprint density at radius 2 is 1.62 bits per heavy atom. The zero-order valence-corrected chi connectivity index (χ0v) is 16.7. The molecule has 0 fully saturated rings. The predicted molar refractivity (Wildman–Crippen MR) is 115 cm³/mol. The number of carbonyl (C=O) groups excluding carboxylic acids is 1. The van der Waals surface area contributed by atoms with E-state index in [0.29, 0.717) is 45.8 Å². The van der Waals surface area contributed by atoms with Crippen molar-refractivity contribution in [3.8, 4) is 22.5 Å². The molecule has 0 amide bonds. The molecule has 0 aliphatic heterocycles. The van der Waals surface area contributed by atoms with Gasteiger partial charge in [0.1, 0.15) is 17.9 Å². The molecule has 3 aromatic carbocycles. The Balaban J connectivity index is 1.70. The molecule has 0 bridgehead atoms. The number of hydrogen-bond acceptors (Lipinski definition) is 4. The summed E-state index contributed by atoms with van der Waals surface area (Å²) in [5.41, 5.74) is 1.51. The summed E-state index contributed by atoms with van der Waals surface area (Å²) in [4.78, 5) is 19.6. The lowest BCUT2D eigenvalue weighted by atomic mass is 10.0. The number of aromatic nitrogens is 2. The fraction of sp³-hybridized carbons (Fsp3) is 0.125. The molecule has 4 rings (SSSR count). The highest BCUT2D eigenvalue weighted by atomic mass is 19.4. The van der Waals surface area contributed by atoms with Gasteiger partial charge in [-0.05, 0) is 41.5 Å². The fourth-order valence-electron chi connectivity index (χ4n) is 3.30. The number of aldehydes is 1. The van der Waals surface area contributed by atoms with E-state index in [1.165, 1.54) is 24.3 Å². The Kier molecular flexibility index (Phi) is 5.85. The van der Waals surface area contributed by atoms with Gasteiger partial charge >= 0.3 is 6.18 Å². The first-order valence-electron chi connectivity index (χ1n) is 9.78. The maximum absolute atomic E-state index is 13.7. The molecule has 0 aliphatic rings. The topological polar surface area (TPSA) is 54.9 Å². The number of anilines is 1. The van der Waals surface area contributed by atoms with Crippen LogP contribution in [0.15, 0.2) is 66.7 Å². The summed E-state index contributed by atoms with van der Waals surface area (Å²) >= 11 is 0. The van der Waals surface area contributed by atoms with Gasteiger partial charge in [-0.25, -0.2) is 14.4 Å². The van der Waals surface area contributed by atoms with E-state index in [4.69, 9.17) is 0 Å². The second-order valence-electron chi connectivity index (χ2n) is 7.10. The monoisotopic (exact) mass is 439 g/mol. The molecule has 0 aliphatic carbocycles. The van der Waals surface area contributed by atoms with Gasteiger partial charge in [0.25, 0.3) is 0 Å². The van der Waals surface area contributed by atoms with E-state index >= 15 is 0 Å². The number of fused-ring (bicyclic) bond motifs is 1. The highest BCUT2D eigenvalue weighted by Gasteiger charge is 2.30. The highest BCUT2D eigenvalue weighted by Crippen LogP contribution is 2.33. The number of benzene rings is 3. The highest BCUT2D eigenvalue weighted by molar-refractivity contribution is 5.90. The zero-order chi connectivity index (χ0) is 22.7. The van der Waals surface area contributed by atoms with Crippen LogP contribution in [0.1, 0.15) is 12.0 Å². The average molecular weight is 439 g/mol. The maximum Gasteiger partial charge on any atom is 0.416 e. The first-order chi connectivity index (χ1) is 15.3. The van der Waals surface area contributed by atoms with Crippen LogP contribution < -0.4 is 5.32 Å². The summed E-state index contributed by atoms with van der Waals surface area (Å²) in [6.07, 6.45) is -3.38. The molecule has 1 aromatic heterocycles.